The molecule has 0 spiro atoms. The fraction of sp³-hybridized carbons (Fsp3) is 0.0500. The van der Waals surface area contributed by atoms with E-state index in [2.05, 4.69) is 25.7 Å². The van der Waals surface area contributed by atoms with Gasteiger partial charge in [-0.25, -0.2) is 4.68 Å². The Hall–Kier alpha value is -4.48. The highest BCUT2D eigenvalue weighted by molar-refractivity contribution is 7.90. The number of aryl methyl sites for hydroxylation is 1. The molecule has 0 unspecified atom stereocenters. The predicted molar refractivity (Wildman–Crippen MR) is 131 cm³/mol. The Morgan fingerprint density at radius 1 is 1.05 bits per heavy atom. The highest BCUT2D eigenvalue weighted by Crippen LogP contribution is 2.41. The van der Waals surface area contributed by atoms with Crippen LogP contribution < -0.4 is 5.32 Å². The molecule has 4 aromatic rings. The summed E-state index contributed by atoms with van der Waals surface area (Å²) in [6.07, 6.45) is 0.974. The Bertz CT molecular complexity index is 2090. The van der Waals surface area contributed by atoms with Crippen LogP contribution >= 0.6 is 0 Å². The van der Waals surface area contributed by atoms with Gasteiger partial charge in [-0.3, -0.25) is 9.11 Å². The molecule has 0 saturated carbocycles. The molecule has 0 bridgehead atoms. The van der Waals surface area contributed by atoms with E-state index in [1.54, 1.807) is 18.2 Å². The van der Waals surface area contributed by atoms with E-state index in [0.717, 1.165) is 16.4 Å². The van der Waals surface area contributed by atoms with Crippen molar-refractivity contribution in [2.45, 2.75) is 21.6 Å². The lowest BCUT2D eigenvalue weighted by atomic mass is 10.3. The summed E-state index contributed by atoms with van der Waals surface area (Å²) in [5.41, 5.74) is -0.502. The number of nitrogens with one attached hydrogen (secondary N) is 1. The first-order valence-electron chi connectivity index (χ1n) is 10.4. The van der Waals surface area contributed by atoms with Crippen molar-refractivity contribution in [1.82, 2.24) is 19.0 Å². The Morgan fingerprint density at radius 2 is 1.77 bits per heavy atom. The van der Waals surface area contributed by atoms with Gasteiger partial charge < -0.3 is 5.32 Å². The van der Waals surface area contributed by atoms with E-state index in [1.165, 1.54) is 19.1 Å². The standard InChI is InChI=1S/C20H14N8O8S3/c1-11-18(20-23-14-4-2-3-5-16(14)37(29,30)28(20)26-11)24-25-19-12(9-21)10-22-27(19)15-8-13(38(31,32)33)6-7-17(15)39(34,35)36/h2-8,10,23H,1H3,(H,31,32,33)(H,34,35,36)/b25-24+. The van der Waals surface area contributed by atoms with Crippen LogP contribution in [0.15, 0.2) is 73.6 Å². The van der Waals surface area contributed by atoms with E-state index in [0.29, 0.717) is 16.8 Å². The number of anilines is 2. The lowest BCUT2D eigenvalue weighted by Crippen LogP contribution is -2.22. The van der Waals surface area contributed by atoms with Crippen LogP contribution in [-0.4, -0.2) is 53.3 Å². The minimum Gasteiger partial charge on any atom is -0.336 e. The highest BCUT2D eigenvalue weighted by atomic mass is 32.2. The number of azo groups is 1. The van der Waals surface area contributed by atoms with Crippen LogP contribution in [0.25, 0.3) is 5.69 Å². The lowest BCUT2D eigenvalue weighted by Gasteiger charge is -2.19. The second-order valence-corrected chi connectivity index (χ2v) is 12.5. The molecule has 0 atom stereocenters. The van der Waals surface area contributed by atoms with Crippen LogP contribution in [-0.2, 0) is 30.3 Å². The third-order valence-corrected chi connectivity index (χ3v) is 8.87. The first-order valence-corrected chi connectivity index (χ1v) is 14.8. The number of nitrogens with zero attached hydrogens (tertiary/aromatic N) is 7. The molecule has 0 saturated heterocycles. The van der Waals surface area contributed by atoms with Crippen molar-refractivity contribution in [2.24, 2.45) is 10.2 Å². The summed E-state index contributed by atoms with van der Waals surface area (Å²) in [7, 11) is -13.9. The fourth-order valence-electron chi connectivity index (χ4n) is 3.74. The SMILES string of the molecule is Cc1nn2c(c1/N=N/c1c(C#N)cnn1-c1cc(S(=O)(=O)O)ccc1S(=O)(=O)O)Nc1ccccc1S2(=O)=O. The van der Waals surface area contributed by atoms with Gasteiger partial charge in [0.2, 0.25) is 0 Å². The summed E-state index contributed by atoms with van der Waals surface area (Å²) in [6, 6.07) is 10.0. The Balaban J connectivity index is 1.69. The summed E-state index contributed by atoms with van der Waals surface area (Å²) >= 11 is 0. The molecule has 19 heteroatoms. The molecule has 1 aliphatic rings. The number of para-hydroxylation sites is 1. The molecule has 1 aliphatic heterocycles. The van der Waals surface area contributed by atoms with E-state index in [1.807, 2.05) is 0 Å². The van der Waals surface area contributed by atoms with Crippen molar-refractivity contribution in [3.05, 3.63) is 59.9 Å². The number of rotatable bonds is 5. The third-order valence-electron chi connectivity index (χ3n) is 5.49. The van der Waals surface area contributed by atoms with Crippen LogP contribution in [0, 0.1) is 18.3 Å². The van der Waals surface area contributed by atoms with Gasteiger partial charge in [-0.15, -0.1) is 14.3 Å². The second kappa shape index (κ2) is 8.79. The largest absolute Gasteiger partial charge is 0.336 e. The molecule has 3 N–H and O–H groups in total. The normalized spacial score (nSPS) is 14.4. The van der Waals surface area contributed by atoms with Gasteiger partial charge in [0.25, 0.3) is 30.3 Å². The molecular formula is C20H14N8O8S3. The maximum Gasteiger partial charge on any atom is 0.296 e. The lowest BCUT2D eigenvalue weighted by molar-refractivity contribution is 0.477. The average molecular weight is 591 g/mol. The van der Waals surface area contributed by atoms with Crippen molar-refractivity contribution in [3.8, 4) is 11.8 Å². The highest BCUT2D eigenvalue weighted by Gasteiger charge is 2.33. The number of fused-ring (bicyclic) bond motifs is 2. The maximum atomic E-state index is 13.1. The predicted octanol–water partition coefficient (Wildman–Crippen LogP) is 2.45. The molecule has 0 radical (unpaired) electrons. The van der Waals surface area contributed by atoms with Crippen LogP contribution in [0.3, 0.4) is 0 Å². The monoisotopic (exact) mass is 590 g/mol. The van der Waals surface area contributed by atoms with Crippen molar-refractivity contribution >= 4 is 53.3 Å². The molecule has 0 amide bonds. The van der Waals surface area contributed by atoms with E-state index in [4.69, 9.17) is 0 Å². The van der Waals surface area contributed by atoms with E-state index >= 15 is 0 Å². The number of hydrogen-bond acceptors (Lipinski definition) is 12. The molecule has 3 heterocycles. The summed E-state index contributed by atoms with van der Waals surface area (Å²) in [5, 5.41) is 28.4. The quantitative estimate of drug-likeness (QED) is 0.197. The minimum atomic E-state index is -4.96. The van der Waals surface area contributed by atoms with Gasteiger partial charge in [-0.05, 0) is 37.3 Å². The first-order chi connectivity index (χ1) is 18.2. The van der Waals surface area contributed by atoms with Gasteiger partial charge in [-0.1, -0.05) is 12.1 Å². The van der Waals surface area contributed by atoms with Crippen LogP contribution in [0.2, 0.25) is 0 Å². The zero-order valence-corrected chi connectivity index (χ0v) is 21.8. The van der Waals surface area contributed by atoms with E-state index in [-0.39, 0.29) is 33.3 Å². The van der Waals surface area contributed by atoms with Gasteiger partial charge in [0.05, 0.1) is 28.2 Å². The van der Waals surface area contributed by atoms with Crippen LogP contribution in [0.1, 0.15) is 11.3 Å². The Kier molecular flexibility index (Phi) is 5.89. The second-order valence-electron chi connectivity index (χ2n) is 7.94. The van der Waals surface area contributed by atoms with Crippen molar-refractivity contribution in [2.75, 3.05) is 5.32 Å². The molecule has 0 aliphatic carbocycles. The van der Waals surface area contributed by atoms with Gasteiger partial charge in [0.15, 0.2) is 17.3 Å². The number of aromatic nitrogens is 4. The fourth-order valence-corrected chi connectivity index (χ4v) is 6.33. The van der Waals surface area contributed by atoms with Crippen molar-refractivity contribution in [1.29, 1.82) is 5.26 Å². The van der Waals surface area contributed by atoms with Gasteiger partial charge in [0, 0.05) is 0 Å². The molecular weight excluding hydrogens is 576 g/mol. The molecule has 0 fully saturated rings. The van der Waals surface area contributed by atoms with E-state index in [9.17, 15) is 39.6 Å². The third kappa shape index (κ3) is 4.35. The zero-order chi connectivity index (χ0) is 28.3. The van der Waals surface area contributed by atoms with Crippen molar-refractivity contribution < 1.29 is 34.4 Å². The summed E-state index contributed by atoms with van der Waals surface area (Å²) in [5.74, 6) is -0.472. The summed E-state index contributed by atoms with van der Waals surface area (Å²) in [4.78, 5) is -1.58. The van der Waals surface area contributed by atoms with Crippen molar-refractivity contribution in [3.63, 3.8) is 0 Å². The smallest absolute Gasteiger partial charge is 0.296 e. The number of benzene rings is 2. The zero-order valence-electron chi connectivity index (χ0n) is 19.3. The van der Waals surface area contributed by atoms with Gasteiger partial charge in [0.1, 0.15) is 21.4 Å². The molecule has 200 valence electrons. The topological polar surface area (TPSA) is 239 Å². The Labute approximate surface area is 220 Å². The van der Waals surface area contributed by atoms with Crippen LogP contribution in [0.5, 0.6) is 0 Å². The maximum absolute atomic E-state index is 13.1. The summed E-state index contributed by atoms with van der Waals surface area (Å²) < 4.78 is 94.0. The molecule has 5 rings (SSSR count). The minimum absolute atomic E-state index is 0.0233. The van der Waals surface area contributed by atoms with Gasteiger partial charge >= 0.3 is 0 Å². The first kappa shape index (κ1) is 26.1. The summed E-state index contributed by atoms with van der Waals surface area (Å²) in [6.45, 7) is 1.45. The van der Waals surface area contributed by atoms with Gasteiger partial charge in [-0.2, -0.15) is 40.7 Å². The Morgan fingerprint density at radius 3 is 2.44 bits per heavy atom. The molecule has 16 nitrogen and oxygen atoms in total. The van der Waals surface area contributed by atoms with E-state index < -0.39 is 51.6 Å². The average Bonchev–Trinajstić information content (AvgIpc) is 3.42. The molecule has 2 aromatic carbocycles. The molecule has 39 heavy (non-hydrogen) atoms. The molecule has 2 aromatic heterocycles. The van der Waals surface area contributed by atoms with Crippen LogP contribution in [0.4, 0.5) is 23.0 Å². The number of hydrogen-bond donors (Lipinski definition) is 3. The number of nitriles is 1.